The summed E-state index contributed by atoms with van der Waals surface area (Å²) in [5.41, 5.74) is 6.77. The number of benzene rings is 1. The van der Waals surface area contributed by atoms with Crippen LogP contribution in [0.25, 0.3) is 0 Å². The van der Waals surface area contributed by atoms with E-state index in [2.05, 4.69) is 0 Å². The van der Waals surface area contributed by atoms with Crippen LogP contribution in [0.5, 0.6) is 0 Å². The quantitative estimate of drug-likeness (QED) is 0.838. The van der Waals surface area contributed by atoms with E-state index in [1.165, 1.54) is 4.90 Å². The molecule has 2 N–H and O–H groups in total. The van der Waals surface area contributed by atoms with E-state index in [0.717, 1.165) is 18.4 Å². The van der Waals surface area contributed by atoms with Crippen molar-refractivity contribution in [2.24, 2.45) is 11.7 Å². The highest BCUT2D eigenvalue weighted by molar-refractivity contribution is 6.32. The molecule has 0 radical (unpaired) electrons. The van der Waals surface area contributed by atoms with E-state index in [4.69, 9.17) is 17.3 Å². The lowest BCUT2D eigenvalue weighted by Gasteiger charge is -2.34. The molecule has 0 aliphatic carbocycles. The normalized spacial score (nSPS) is 25.3. The minimum absolute atomic E-state index is 0.121. The number of piperidine rings is 1. The van der Waals surface area contributed by atoms with Crippen LogP contribution in [-0.4, -0.2) is 41.8 Å². The minimum Gasteiger partial charge on any atom is -0.369 e. The van der Waals surface area contributed by atoms with Crippen molar-refractivity contribution >= 4 is 35.0 Å². The summed E-state index contributed by atoms with van der Waals surface area (Å²) in [4.78, 5) is 39.7. The smallest absolute Gasteiger partial charge is 0.251 e. The van der Waals surface area contributed by atoms with Crippen LogP contribution >= 0.6 is 11.6 Å². The number of nitrogens with zero attached hydrogens (tertiary/aromatic N) is 2. The number of primary amides is 1. The van der Waals surface area contributed by atoms with E-state index in [-0.39, 0.29) is 30.1 Å². The Balaban J connectivity index is 1.81. The molecule has 2 heterocycles. The molecule has 6 nitrogen and oxygen atoms in total. The van der Waals surface area contributed by atoms with Crippen molar-refractivity contribution in [2.75, 3.05) is 18.0 Å². The second kappa shape index (κ2) is 6.53. The van der Waals surface area contributed by atoms with Crippen LogP contribution in [0, 0.1) is 12.8 Å². The van der Waals surface area contributed by atoms with Gasteiger partial charge in [-0.2, -0.15) is 0 Å². The maximum atomic E-state index is 12.8. The summed E-state index contributed by atoms with van der Waals surface area (Å²) in [6.45, 7) is 2.98. The Morgan fingerprint density at radius 3 is 2.75 bits per heavy atom. The molecule has 24 heavy (non-hydrogen) atoms. The fourth-order valence-electron chi connectivity index (χ4n) is 3.42. The molecule has 2 saturated heterocycles. The Labute approximate surface area is 145 Å². The third kappa shape index (κ3) is 3.03. The molecule has 0 saturated carbocycles. The van der Waals surface area contributed by atoms with E-state index < -0.39 is 6.04 Å². The molecular weight excluding hydrogens is 330 g/mol. The van der Waals surface area contributed by atoms with Crippen LogP contribution < -0.4 is 10.6 Å². The lowest BCUT2D eigenvalue weighted by Crippen LogP contribution is -2.49. The number of anilines is 1. The summed E-state index contributed by atoms with van der Waals surface area (Å²) in [6, 6.07) is 4.62. The first-order chi connectivity index (χ1) is 11.4. The first-order valence-corrected chi connectivity index (χ1v) is 8.42. The molecule has 3 rings (SSSR count). The van der Waals surface area contributed by atoms with Crippen molar-refractivity contribution in [3.05, 3.63) is 28.8 Å². The number of hydrogen-bond acceptors (Lipinski definition) is 4. The molecule has 1 aromatic rings. The molecule has 1 aromatic carbocycles. The Bertz CT molecular complexity index is 706. The van der Waals surface area contributed by atoms with Gasteiger partial charge in [-0.1, -0.05) is 17.7 Å². The second-order valence-electron chi connectivity index (χ2n) is 6.46. The monoisotopic (exact) mass is 349 g/mol. The zero-order valence-corrected chi connectivity index (χ0v) is 14.3. The topological polar surface area (TPSA) is 83.7 Å². The number of nitrogens with two attached hydrogens (primary N) is 1. The maximum Gasteiger partial charge on any atom is 0.251 e. The third-order valence-electron chi connectivity index (χ3n) is 4.83. The molecular formula is C17H20ClN3O3. The van der Waals surface area contributed by atoms with Crippen molar-refractivity contribution in [1.82, 2.24) is 4.90 Å². The summed E-state index contributed by atoms with van der Waals surface area (Å²) in [5.74, 6) is -1.11. The molecule has 2 fully saturated rings. The zero-order chi connectivity index (χ0) is 17.4. The van der Waals surface area contributed by atoms with E-state index in [9.17, 15) is 14.4 Å². The lowest BCUT2D eigenvalue weighted by molar-refractivity contribution is -0.127. The number of aryl methyl sites for hydroxylation is 1. The van der Waals surface area contributed by atoms with Gasteiger partial charge in [-0.25, -0.2) is 4.90 Å². The number of halogens is 1. The number of amides is 3. The van der Waals surface area contributed by atoms with E-state index in [1.54, 1.807) is 18.2 Å². The minimum atomic E-state index is -0.528. The van der Waals surface area contributed by atoms with Gasteiger partial charge in [0.05, 0.1) is 24.1 Å². The first kappa shape index (κ1) is 16.9. The van der Waals surface area contributed by atoms with Crippen LogP contribution in [0.15, 0.2) is 18.2 Å². The van der Waals surface area contributed by atoms with Gasteiger partial charge in [0.15, 0.2) is 0 Å². The Hall–Kier alpha value is -1.92. The molecule has 0 bridgehead atoms. The van der Waals surface area contributed by atoms with Gasteiger partial charge in [-0.15, -0.1) is 0 Å². The molecule has 2 atom stereocenters. The number of carbonyl (C=O) groups is 3. The Morgan fingerprint density at radius 2 is 2.08 bits per heavy atom. The summed E-state index contributed by atoms with van der Waals surface area (Å²) in [6.07, 6.45) is 1.65. The highest BCUT2D eigenvalue weighted by Crippen LogP contribution is 2.30. The molecule has 2 unspecified atom stereocenters. The lowest BCUT2D eigenvalue weighted by atomic mass is 9.96. The Kier molecular flexibility index (Phi) is 4.60. The highest BCUT2D eigenvalue weighted by atomic mass is 35.5. The standard InChI is InChI=1S/C17H20ClN3O3/c1-10-4-5-12(7-13(10)18)21-15(22)8-14(17(21)24)20-6-2-3-11(9-20)16(19)23/h4-5,7,11,14H,2-3,6,8-9H2,1H3,(H2,19,23). The molecule has 0 spiro atoms. The number of imide groups is 1. The van der Waals surface area contributed by atoms with Crippen LogP contribution in [0.3, 0.4) is 0 Å². The summed E-state index contributed by atoms with van der Waals surface area (Å²) in [7, 11) is 0. The fourth-order valence-corrected chi connectivity index (χ4v) is 3.59. The molecule has 2 aliphatic heterocycles. The number of rotatable bonds is 3. The molecule has 3 amide bonds. The average molecular weight is 350 g/mol. The SMILES string of the molecule is Cc1ccc(N2C(=O)CC(N3CCCC(C(N)=O)C3)C2=O)cc1Cl. The van der Waals surface area contributed by atoms with E-state index in [0.29, 0.717) is 23.8 Å². The predicted molar refractivity (Wildman–Crippen MR) is 90.6 cm³/mol. The van der Waals surface area contributed by atoms with Crippen molar-refractivity contribution in [1.29, 1.82) is 0 Å². The van der Waals surface area contributed by atoms with Crippen molar-refractivity contribution < 1.29 is 14.4 Å². The van der Waals surface area contributed by atoms with Gasteiger partial charge in [0.2, 0.25) is 11.8 Å². The van der Waals surface area contributed by atoms with Gasteiger partial charge in [-0.3, -0.25) is 19.3 Å². The van der Waals surface area contributed by atoms with Crippen LogP contribution in [0.1, 0.15) is 24.8 Å². The van der Waals surface area contributed by atoms with Crippen molar-refractivity contribution in [3.8, 4) is 0 Å². The zero-order valence-electron chi connectivity index (χ0n) is 13.5. The summed E-state index contributed by atoms with van der Waals surface area (Å²) < 4.78 is 0. The van der Waals surface area contributed by atoms with Crippen LogP contribution in [0.2, 0.25) is 5.02 Å². The second-order valence-corrected chi connectivity index (χ2v) is 6.86. The number of likely N-dealkylation sites (tertiary alicyclic amines) is 1. The predicted octanol–water partition coefficient (Wildman–Crippen LogP) is 1.48. The first-order valence-electron chi connectivity index (χ1n) is 8.05. The molecule has 0 aromatic heterocycles. The van der Waals surface area contributed by atoms with Crippen molar-refractivity contribution in [3.63, 3.8) is 0 Å². The van der Waals surface area contributed by atoms with Gasteiger partial charge in [-0.05, 0) is 44.0 Å². The number of carbonyl (C=O) groups excluding carboxylic acids is 3. The van der Waals surface area contributed by atoms with Gasteiger partial charge < -0.3 is 5.73 Å². The molecule has 2 aliphatic rings. The van der Waals surface area contributed by atoms with Crippen molar-refractivity contribution in [2.45, 2.75) is 32.2 Å². The summed E-state index contributed by atoms with van der Waals surface area (Å²) >= 11 is 6.12. The fraction of sp³-hybridized carbons (Fsp3) is 0.471. The van der Waals surface area contributed by atoms with Gasteiger partial charge in [0.25, 0.3) is 5.91 Å². The number of hydrogen-bond donors (Lipinski definition) is 1. The van der Waals surface area contributed by atoms with E-state index in [1.807, 2.05) is 11.8 Å². The maximum absolute atomic E-state index is 12.8. The average Bonchev–Trinajstić information content (AvgIpc) is 2.85. The van der Waals surface area contributed by atoms with Crippen LogP contribution in [0.4, 0.5) is 5.69 Å². The summed E-state index contributed by atoms with van der Waals surface area (Å²) in [5, 5.41) is 0.517. The molecule has 128 valence electrons. The van der Waals surface area contributed by atoms with E-state index >= 15 is 0 Å². The molecule has 7 heteroatoms. The Morgan fingerprint density at radius 1 is 1.33 bits per heavy atom. The highest BCUT2D eigenvalue weighted by Gasteiger charge is 2.44. The van der Waals surface area contributed by atoms with Gasteiger partial charge in [0, 0.05) is 11.6 Å². The van der Waals surface area contributed by atoms with Crippen LogP contribution in [-0.2, 0) is 14.4 Å². The van der Waals surface area contributed by atoms with Gasteiger partial charge in [0.1, 0.15) is 0 Å². The van der Waals surface area contributed by atoms with Gasteiger partial charge >= 0.3 is 0 Å². The largest absolute Gasteiger partial charge is 0.369 e. The third-order valence-corrected chi connectivity index (χ3v) is 5.24.